The van der Waals surface area contributed by atoms with Gasteiger partial charge >= 0.3 is 0 Å². The van der Waals surface area contributed by atoms with Crippen LogP contribution < -0.4 is 20.1 Å². The fraction of sp³-hybridized carbons (Fsp3) is 0.423. The number of nitrogens with zero attached hydrogens (tertiary/aromatic N) is 1. The van der Waals surface area contributed by atoms with E-state index >= 15 is 0 Å². The van der Waals surface area contributed by atoms with Crippen molar-refractivity contribution in [1.29, 1.82) is 0 Å². The summed E-state index contributed by atoms with van der Waals surface area (Å²) in [5.74, 6) is 0.975. The number of benzene rings is 2. The van der Waals surface area contributed by atoms with Crippen LogP contribution in [0.25, 0.3) is 0 Å². The second-order valence-electron chi connectivity index (χ2n) is 8.67. The first-order valence-corrected chi connectivity index (χ1v) is 11.9. The lowest BCUT2D eigenvalue weighted by atomic mass is 10.0. The van der Waals surface area contributed by atoms with Gasteiger partial charge in [0.05, 0.1) is 19.8 Å². The normalized spacial score (nSPS) is 16.4. The Balaban J connectivity index is 1.16. The number of rotatable bonds is 8. The van der Waals surface area contributed by atoms with Crippen LogP contribution in [0.2, 0.25) is 0 Å². The molecule has 0 atom stereocenters. The summed E-state index contributed by atoms with van der Waals surface area (Å²) in [6.07, 6.45) is 2.65. The molecule has 0 saturated carbocycles. The first kappa shape index (κ1) is 23.8. The number of fused-ring (bicyclic) bond motifs is 1. The van der Waals surface area contributed by atoms with E-state index in [1.54, 1.807) is 18.2 Å². The molecule has 0 aromatic heterocycles. The van der Waals surface area contributed by atoms with E-state index in [1.807, 2.05) is 30.3 Å². The van der Waals surface area contributed by atoms with Crippen LogP contribution in [-0.4, -0.2) is 61.4 Å². The molecule has 0 spiro atoms. The number of hydrogen-bond acceptors (Lipinski definition) is 6. The van der Waals surface area contributed by atoms with Crippen molar-refractivity contribution in [3.63, 3.8) is 0 Å². The van der Waals surface area contributed by atoms with Gasteiger partial charge in [0.15, 0.2) is 17.3 Å². The highest BCUT2D eigenvalue weighted by molar-refractivity contribution is 5.98. The fourth-order valence-electron chi connectivity index (χ4n) is 4.17. The third kappa shape index (κ3) is 6.81. The lowest BCUT2D eigenvalue weighted by Crippen LogP contribution is -2.46. The van der Waals surface area contributed by atoms with Crippen molar-refractivity contribution in [1.82, 2.24) is 10.2 Å². The molecule has 0 bridgehead atoms. The topological polar surface area (TPSA) is 97.0 Å². The van der Waals surface area contributed by atoms with Gasteiger partial charge in [-0.05, 0) is 43.2 Å². The third-order valence-electron chi connectivity index (χ3n) is 6.03. The first-order valence-electron chi connectivity index (χ1n) is 11.9. The molecule has 1 saturated heterocycles. The summed E-state index contributed by atoms with van der Waals surface area (Å²) in [4.78, 5) is 39.3. The summed E-state index contributed by atoms with van der Waals surface area (Å²) >= 11 is 0. The number of hydrogen-bond donors (Lipinski definition) is 2. The van der Waals surface area contributed by atoms with Gasteiger partial charge in [-0.25, -0.2) is 0 Å². The molecule has 0 unspecified atom stereocenters. The Hall–Kier alpha value is -3.39. The minimum absolute atomic E-state index is 0.0399. The molecule has 2 N–H and O–H groups in total. The summed E-state index contributed by atoms with van der Waals surface area (Å²) in [5, 5.41) is 5.93. The maximum Gasteiger partial charge on any atom is 0.238 e. The van der Waals surface area contributed by atoms with Crippen LogP contribution in [0, 0.1) is 0 Å². The molecule has 2 heterocycles. The quantitative estimate of drug-likeness (QED) is 0.582. The highest BCUT2D eigenvalue weighted by Crippen LogP contribution is 2.30. The second kappa shape index (κ2) is 11.7. The van der Waals surface area contributed by atoms with Gasteiger partial charge in [0.1, 0.15) is 0 Å². The van der Waals surface area contributed by atoms with Crippen LogP contribution in [0.15, 0.2) is 48.5 Å². The van der Waals surface area contributed by atoms with Crippen molar-refractivity contribution in [3.8, 4) is 11.5 Å². The van der Waals surface area contributed by atoms with Crippen molar-refractivity contribution < 1.29 is 23.9 Å². The molecular formula is C26H31N3O5. The number of likely N-dealkylation sites (tertiary alicyclic amines) is 1. The van der Waals surface area contributed by atoms with E-state index < -0.39 is 0 Å². The van der Waals surface area contributed by atoms with Crippen LogP contribution in [0.4, 0.5) is 5.69 Å². The Morgan fingerprint density at radius 1 is 0.882 bits per heavy atom. The molecule has 8 heteroatoms. The summed E-state index contributed by atoms with van der Waals surface area (Å²) < 4.78 is 11.2. The Kier molecular flexibility index (Phi) is 8.14. The predicted octanol–water partition coefficient (Wildman–Crippen LogP) is 3.03. The minimum atomic E-state index is -0.122. The number of ether oxygens (including phenoxy) is 2. The van der Waals surface area contributed by atoms with Gasteiger partial charge in [0.2, 0.25) is 11.8 Å². The SMILES string of the molecule is O=C(CN1CCC(NC(=O)CCC(=O)c2ccc3c(c2)OCCCO3)CC1)Nc1ccccc1. The molecule has 2 aliphatic heterocycles. The summed E-state index contributed by atoms with van der Waals surface area (Å²) in [6, 6.07) is 14.6. The highest BCUT2D eigenvalue weighted by Gasteiger charge is 2.22. The van der Waals surface area contributed by atoms with Crippen LogP contribution in [0.5, 0.6) is 11.5 Å². The standard InChI is InChI=1S/C26H31N3O5/c30-22(19-7-9-23-24(17-19)34-16-4-15-33-23)8-10-25(31)27-21-11-13-29(14-12-21)18-26(32)28-20-5-2-1-3-6-20/h1-3,5-7,9,17,21H,4,8,10-16,18H2,(H,27,31)(H,28,32). The number of nitrogens with one attached hydrogen (secondary N) is 2. The minimum Gasteiger partial charge on any atom is -0.490 e. The zero-order chi connectivity index (χ0) is 23.8. The van der Waals surface area contributed by atoms with Crippen LogP contribution >= 0.6 is 0 Å². The Labute approximate surface area is 199 Å². The predicted molar refractivity (Wildman–Crippen MR) is 128 cm³/mol. The smallest absolute Gasteiger partial charge is 0.238 e. The zero-order valence-corrected chi connectivity index (χ0v) is 19.3. The number of anilines is 1. The van der Waals surface area contributed by atoms with Gasteiger partial charge in [-0.1, -0.05) is 18.2 Å². The number of carbonyl (C=O) groups excluding carboxylic acids is 3. The van der Waals surface area contributed by atoms with Gasteiger partial charge in [-0.3, -0.25) is 19.3 Å². The van der Waals surface area contributed by atoms with Crippen molar-refractivity contribution in [2.75, 3.05) is 38.2 Å². The monoisotopic (exact) mass is 465 g/mol. The second-order valence-corrected chi connectivity index (χ2v) is 8.67. The van der Waals surface area contributed by atoms with Crippen LogP contribution in [0.3, 0.4) is 0 Å². The number of piperidine rings is 1. The van der Waals surface area contributed by atoms with E-state index in [9.17, 15) is 14.4 Å². The fourth-order valence-corrected chi connectivity index (χ4v) is 4.17. The highest BCUT2D eigenvalue weighted by atomic mass is 16.5. The third-order valence-corrected chi connectivity index (χ3v) is 6.03. The molecule has 1 fully saturated rings. The Morgan fingerprint density at radius 2 is 1.62 bits per heavy atom. The number of Topliss-reactive ketones (excluding diaryl/α,β-unsaturated/α-hetero) is 1. The van der Waals surface area contributed by atoms with Crippen molar-refractivity contribution >= 4 is 23.3 Å². The molecular weight excluding hydrogens is 434 g/mol. The van der Waals surface area contributed by atoms with E-state index in [-0.39, 0.29) is 36.5 Å². The number of ketones is 1. The van der Waals surface area contributed by atoms with E-state index in [1.165, 1.54) is 0 Å². The lowest BCUT2D eigenvalue weighted by Gasteiger charge is -2.31. The molecule has 2 amide bonds. The van der Waals surface area contributed by atoms with Gasteiger partial charge in [-0.2, -0.15) is 0 Å². The molecule has 0 aliphatic carbocycles. The van der Waals surface area contributed by atoms with Gasteiger partial charge in [0.25, 0.3) is 0 Å². The van der Waals surface area contributed by atoms with Crippen molar-refractivity contribution in [2.45, 2.75) is 38.1 Å². The van der Waals surface area contributed by atoms with E-state index in [4.69, 9.17) is 9.47 Å². The Bertz CT molecular complexity index is 1000. The van der Waals surface area contributed by atoms with Gasteiger partial charge < -0.3 is 20.1 Å². The largest absolute Gasteiger partial charge is 0.490 e. The Morgan fingerprint density at radius 3 is 2.38 bits per heavy atom. The van der Waals surface area contributed by atoms with Crippen LogP contribution in [0.1, 0.15) is 42.5 Å². The summed E-state index contributed by atoms with van der Waals surface area (Å²) in [7, 11) is 0. The maximum absolute atomic E-state index is 12.6. The van der Waals surface area contributed by atoms with Crippen molar-refractivity contribution in [2.24, 2.45) is 0 Å². The van der Waals surface area contributed by atoms with Crippen molar-refractivity contribution in [3.05, 3.63) is 54.1 Å². The molecule has 2 aliphatic rings. The number of carbonyl (C=O) groups is 3. The lowest BCUT2D eigenvalue weighted by molar-refractivity contribution is -0.122. The molecule has 8 nitrogen and oxygen atoms in total. The molecule has 0 radical (unpaired) electrons. The molecule has 4 rings (SSSR count). The average molecular weight is 466 g/mol. The van der Waals surface area contributed by atoms with E-state index in [0.29, 0.717) is 36.8 Å². The molecule has 180 valence electrons. The van der Waals surface area contributed by atoms with E-state index in [2.05, 4.69) is 15.5 Å². The van der Waals surface area contributed by atoms with Gasteiger partial charge in [-0.15, -0.1) is 0 Å². The first-order chi connectivity index (χ1) is 16.6. The summed E-state index contributed by atoms with van der Waals surface area (Å²) in [5.41, 5.74) is 1.31. The zero-order valence-electron chi connectivity index (χ0n) is 19.3. The number of para-hydroxylation sites is 1. The molecule has 34 heavy (non-hydrogen) atoms. The van der Waals surface area contributed by atoms with Gasteiger partial charge in [0, 0.05) is 49.6 Å². The molecule has 2 aromatic rings. The molecule has 2 aromatic carbocycles. The average Bonchev–Trinajstić information content (AvgIpc) is 3.09. The summed E-state index contributed by atoms with van der Waals surface area (Å²) in [6.45, 7) is 2.97. The maximum atomic E-state index is 12.6. The van der Waals surface area contributed by atoms with E-state index in [0.717, 1.165) is 38.0 Å². The van der Waals surface area contributed by atoms with Crippen LogP contribution in [-0.2, 0) is 9.59 Å². The number of amides is 2.